The number of hydrogen-bond acceptors (Lipinski definition) is 3. The smallest absolute Gasteiger partial charge is 0.252 e. The van der Waals surface area contributed by atoms with Crippen LogP contribution in [0.2, 0.25) is 6.04 Å². The van der Waals surface area contributed by atoms with Gasteiger partial charge in [0.2, 0.25) is 0 Å². The van der Waals surface area contributed by atoms with Crippen LogP contribution in [0, 0.1) is 0 Å². The molecule has 0 aliphatic rings. The van der Waals surface area contributed by atoms with Gasteiger partial charge in [-0.25, -0.2) is 0 Å². The second kappa shape index (κ2) is 30.8. The van der Waals surface area contributed by atoms with Crippen LogP contribution < -0.4 is 19.8 Å². The van der Waals surface area contributed by atoms with E-state index in [0.29, 0.717) is 0 Å². The first-order valence-corrected chi connectivity index (χ1v) is 24.0. The van der Waals surface area contributed by atoms with E-state index >= 15 is 0 Å². The van der Waals surface area contributed by atoms with Crippen molar-refractivity contribution in [2.45, 2.75) is 207 Å². The summed E-state index contributed by atoms with van der Waals surface area (Å²) in [5.41, 5.74) is 0. The van der Waals surface area contributed by atoms with Crippen LogP contribution in [0.4, 0.5) is 0 Å². The second-order valence-electron chi connectivity index (χ2n) is 15.2. The molecule has 4 heteroatoms. The number of benzene rings is 2. The minimum Gasteiger partial charge on any atom is -0.494 e. The van der Waals surface area contributed by atoms with Crippen molar-refractivity contribution in [1.82, 2.24) is 0 Å². The second-order valence-corrected chi connectivity index (χ2v) is 18.7. The van der Waals surface area contributed by atoms with Crippen LogP contribution in [-0.2, 0) is 0 Å². The van der Waals surface area contributed by atoms with Crippen LogP contribution >= 0.6 is 0 Å². The fraction of sp³-hybridized carbons (Fsp3) is 0.739. The van der Waals surface area contributed by atoms with Crippen molar-refractivity contribution < 1.29 is 14.3 Å². The molecule has 1 N–H and O–H groups in total. The van der Waals surface area contributed by atoms with Gasteiger partial charge in [-0.3, -0.25) is 0 Å². The standard InChI is InChI=1S/C46H80O3Si/c1-4-7-9-11-13-15-17-19-21-23-25-27-29-31-41-48-43-33-37-45(38-34-43)50(47,6-3)46-39-35-44(36-40-46)49-42-32-30-28-26-24-22-20-18-16-14-12-10-8-5-2/h33-40,47H,4-32,41-42H2,1-3H3. The van der Waals surface area contributed by atoms with Crippen LogP contribution in [0.1, 0.15) is 201 Å². The van der Waals surface area contributed by atoms with Gasteiger partial charge in [0.15, 0.2) is 0 Å². The van der Waals surface area contributed by atoms with Crippen LogP contribution in [0.15, 0.2) is 48.5 Å². The summed E-state index contributed by atoms with van der Waals surface area (Å²) in [6.07, 6.45) is 38.3. The van der Waals surface area contributed by atoms with E-state index < -0.39 is 8.32 Å². The lowest BCUT2D eigenvalue weighted by Crippen LogP contribution is -2.58. The molecular formula is C46H80O3Si. The molecule has 3 nitrogen and oxygen atoms in total. The molecule has 0 saturated carbocycles. The van der Waals surface area contributed by atoms with E-state index in [1.54, 1.807) is 0 Å². The van der Waals surface area contributed by atoms with E-state index in [0.717, 1.165) is 54.0 Å². The van der Waals surface area contributed by atoms with Gasteiger partial charge in [-0.05, 0) is 53.5 Å². The zero-order valence-corrected chi connectivity index (χ0v) is 34.3. The largest absolute Gasteiger partial charge is 0.494 e. The van der Waals surface area contributed by atoms with Gasteiger partial charge in [0.05, 0.1) is 13.2 Å². The third-order valence-corrected chi connectivity index (χ3v) is 14.3. The van der Waals surface area contributed by atoms with Gasteiger partial charge in [-0.1, -0.05) is 212 Å². The lowest BCUT2D eigenvalue weighted by molar-refractivity contribution is 0.304. The summed E-state index contributed by atoms with van der Waals surface area (Å²) in [4.78, 5) is 11.8. The minimum absolute atomic E-state index is 0.742. The normalized spacial score (nSPS) is 11.7. The highest BCUT2D eigenvalue weighted by Crippen LogP contribution is 2.18. The third kappa shape index (κ3) is 20.9. The fourth-order valence-corrected chi connectivity index (χ4v) is 9.79. The molecule has 2 aromatic carbocycles. The Morgan fingerprint density at radius 3 is 0.840 bits per heavy atom. The molecule has 0 heterocycles. The maximum atomic E-state index is 11.8. The van der Waals surface area contributed by atoms with Crippen LogP contribution in [-0.4, -0.2) is 26.3 Å². The quantitative estimate of drug-likeness (QED) is 0.0572. The monoisotopic (exact) mass is 709 g/mol. The Labute approximate surface area is 311 Å². The summed E-state index contributed by atoms with van der Waals surface area (Å²) in [7, 11) is -2.78. The molecule has 50 heavy (non-hydrogen) atoms. The SMILES string of the molecule is CCCCCCCCCCCCCCCCOc1ccc([Si](O)(CC)c2ccc(OCCCCCCCCCCCCCCCC)cc2)cc1. The minimum atomic E-state index is -2.78. The highest BCUT2D eigenvalue weighted by molar-refractivity contribution is 6.96. The van der Waals surface area contributed by atoms with Crippen LogP contribution in [0.3, 0.4) is 0 Å². The van der Waals surface area contributed by atoms with Gasteiger partial charge in [0, 0.05) is 0 Å². The Bertz CT molecular complexity index is 928. The van der Waals surface area contributed by atoms with E-state index in [9.17, 15) is 4.80 Å². The molecule has 0 amide bonds. The lowest BCUT2D eigenvalue weighted by Gasteiger charge is -2.25. The molecule has 286 valence electrons. The van der Waals surface area contributed by atoms with Gasteiger partial charge >= 0.3 is 0 Å². The van der Waals surface area contributed by atoms with E-state index in [4.69, 9.17) is 9.47 Å². The Hall–Kier alpha value is -1.78. The van der Waals surface area contributed by atoms with Crippen molar-refractivity contribution >= 4 is 18.7 Å². The molecule has 0 atom stereocenters. The molecule has 0 radical (unpaired) electrons. The van der Waals surface area contributed by atoms with Crippen LogP contribution in [0.5, 0.6) is 11.5 Å². The van der Waals surface area contributed by atoms with E-state index in [2.05, 4.69) is 45.0 Å². The predicted octanol–water partition coefficient (Wildman–Crippen LogP) is 13.5. The number of rotatable bonds is 35. The zero-order valence-electron chi connectivity index (χ0n) is 33.3. The first kappa shape index (κ1) is 44.4. The lowest BCUT2D eigenvalue weighted by atomic mass is 10.0. The molecule has 0 spiro atoms. The molecule has 0 aliphatic heterocycles. The maximum Gasteiger partial charge on any atom is 0.252 e. The molecule has 0 aromatic heterocycles. The molecule has 2 rings (SSSR count). The summed E-state index contributed by atoms with van der Waals surface area (Å²) in [5, 5.41) is 2.08. The average molecular weight is 709 g/mol. The highest BCUT2D eigenvalue weighted by atomic mass is 28.4. The molecule has 2 aromatic rings. The summed E-state index contributed by atoms with van der Waals surface area (Å²) in [6, 6.07) is 17.2. The summed E-state index contributed by atoms with van der Waals surface area (Å²) >= 11 is 0. The van der Waals surface area contributed by atoms with Crippen molar-refractivity contribution in [3.63, 3.8) is 0 Å². The van der Waals surface area contributed by atoms with Gasteiger partial charge in [-0.15, -0.1) is 0 Å². The zero-order chi connectivity index (χ0) is 35.8. The Morgan fingerprint density at radius 1 is 0.360 bits per heavy atom. The Kier molecular flexibility index (Phi) is 27.3. The average Bonchev–Trinajstić information content (AvgIpc) is 3.15. The molecule has 0 bridgehead atoms. The molecular weight excluding hydrogens is 629 g/mol. The van der Waals surface area contributed by atoms with E-state index in [1.165, 1.54) is 167 Å². The van der Waals surface area contributed by atoms with Gasteiger partial charge in [-0.2, -0.15) is 0 Å². The summed E-state index contributed by atoms with van der Waals surface area (Å²) < 4.78 is 12.1. The molecule has 0 unspecified atom stereocenters. The van der Waals surface area contributed by atoms with Crippen molar-refractivity contribution in [3.05, 3.63) is 48.5 Å². The van der Waals surface area contributed by atoms with Crippen molar-refractivity contribution in [3.8, 4) is 11.5 Å². The summed E-state index contributed by atoms with van der Waals surface area (Å²) in [6.45, 7) is 8.23. The molecule has 0 fully saturated rings. The first-order valence-electron chi connectivity index (χ1n) is 21.8. The fourth-order valence-electron chi connectivity index (χ4n) is 7.20. The maximum absolute atomic E-state index is 11.8. The van der Waals surface area contributed by atoms with E-state index in [1.807, 2.05) is 24.3 Å². The van der Waals surface area contributed by atoms with Crippen LogP contribution in [0.25, 0.3) is 0 Å². The predicted molar refractivity (Wildman–Crippen MR) is 222 cm³/mol. The number of hydrogen-bond donors (Lipinski definition) is 1. The summed E-state index contributed by atoms with van der Waals surface area (Å²) in [5.74, 6) is 1.81. The number of unbranched alkanes of at least 4 members (excludes halogenated alkanes) is 26. The van der Waals surface area contributed by atoms with Crippen molar-refractivity contribution in [2.24, 2.45) is 0 Å². The number of ether oxygens (including phenoxy) is 2. The van der Waals surface area contributed by atoms with Gasteiger partial charge < -0.3 is 14.3 Å². The van der Waals surface area contributed by atoms with Gasteiger partial charge in [0.25, 0.3) is 8.32 Å². The third-order valence-electron chi connectivity index (χ3n) is 10.7. The highest BCUT2D eigenvalue weighted by Gasteiger charge is 2.33. The topological polar surface area (TPSA) is 38.7 Å². The van der Waals surface area contributed by atoms with Crippen molar-refractivity contribution in [1.29, 1.82) is 0 Å². The Morgan fingerprint density at radius 2 is 0.600 bits per heavy atom. The molecule has 0 aliphatic carbocycles. The molecule has 0 saturated heterocycles. The van der Waals surface area contributed by atoms with Crippen molar-refractivity contribution in [2.75, 3.05) is 13.2 Å². The van der Waals surface area contributed by atoms with E-state index in [-0.39, 0.29) is 0 Å². The Balaban J connectivity index is 1.53. The first-order chi connectivity index (χ1) is 24.6. The van der Waals surface area contributed by atoms with Gasteiger partial charge in [0.1, 0.15) is 11.5 Å².